The van der Waals surface area contributed by atoms with Gasteiger partial charge in [0.1, 0.15) is 17.6 Å². The standard InChI is InChI=1S/C20H24N4O3/c1-2-16-5-6-19(27-16)18-13-26-10-9-24(18)20(25)21-8-7-14-3-4-15-12-22-23-17(15)11-14/h3-6,11-12,18H,2,7-10,13H2,1H3,(H,21,25)(H,22,23). The first-order valence-electron chi connectivity index (χ1n) is 9.37. The average molecular weight is 368 g/mol. The lowest BCUT2D eigenvalue weighted by atomic mass is 10.1. The molecule has 1 aliphatic rings. The number of H-pyrrole nitrogens is 1. The van der Waals surface area contributed by atoms with Gasteiger partial charge in [-0.25, -0.2) is 4.79 Å². The van der Waals surface area contributed by atoms with Crippen LogP contribution in [-0.2, 0) is 17.6 Å². The normalized spacial score (nSPS) is 17.4. The summed E-state index contributed by atoms with van der Waals surface area (Å²) in [5.41, 5.74) is 2.17. The Morgan fingerprint density at radius 1 is 1.37 bits per heavy atom. The molecule has 142 valence electrons. The molecule has 7 nitrogen and oxygen atoms in total. The van der Waals surface area contributed by atoms with E-state index in [1.54, 1.807) is 11.1 Å². The lowest BCUT2D eigenvalue weighted by Crippen LogP contribution is -2.48. The Labute approximate surface area is 157 Å². The molecule has 1 atom stereocenters. The number of nitrogens with one attached hydrogen (secondary N) is 2. The zero-order valence-electron chi connectivity index (χ0n) is 15.4. The van der Waals surface area contributed by atoms with Gasteiger partial charge in [-0.1, -0.05) is 19.1 Å². The molecule has 1 unspecified atom stereocenters. The molecular formula is C20H24N4O3. The number of aromatic nitrogens is 2. The van der Waals surface area contributed by atoms with Gasteiger partial charge in [0.2, 0.25) is 0 Å². The van der Waals surface area contributed by atoms with E-state index in [0.717, 1.165) is 40.8 Å². The number of nitrogens with zero attached hydrogens (tertiary/aromatic N) is 2. The van der Waals surface area contributed by atoms with E-state index in [0.29, 0.717) is 26.3 Å². The predicted molar refractivity (Wildman–Crippen MR) is 102 cm³/mol. The van der Waals surface area contributed by atoms with Gasteiger partial charge in [0, 0.05) is 24.9 Å². The van der Waals surface area contributed by atoms with Gasteiger partial charge in [0.15, 0.2) is 0 Å². The van der Waals surface area contributed by atoms with Gasteiger partial charge in [0.25, 0.3) is 0 Å². The number of ether oxygens (including phenoxy) is 1. The van der Waals surface area contributed by atoms with E-state index < -0.39 is 0 Å². The maximum absolute atomic E-state index is 12.7. The van der Waals surface area contributed by atoms with Gasteiger partial charge in [-0.15, -0.1) is 0 Å². The first-order chi connectivity index (χ1) is 13.2. The van der Waals surface area contributed by atoms with E-state index in [2.05, 4.69) is 27.6 Å². The first-order valence-corrected chi connectivity index (χ1v) is 9.37. The third-order valence-electron chi connectivity index (χ3n) is 4.94. The highest BCUT2D eigenvalue weighted by atomic mass is 16.5. The maximum Gasteiger partial charge on any atom is 0.318 e. The monoisotopic (exact) mass is 368 g/mol. The van der Waals surface area contributed by atoms with Crippen molar-refractivity contribution in [1.29, 1.82) is 0 Å². The van der Waals surface area contributed by atoms with Gasteiger partial charge in [-0.2, -0.15) is 5.10 Å². The highest BCUT2D eigenvalue weighted by Gasteiger charge is 2.30. The van der Waals surface area contributed by atoms with Gasteiger partial charge in [-0.3, -0.25) is 5.10 Å². The lowest BCUT2D eigenvalue weighted by molar-refractivity contribution is 0.00405. The van der Waals surface area contributed by atoms with Crippen LogP contribution in [0.3, 0.4) is 0 Å². The molecule has 3 heterocycles. The molecule has 1 fully saturated rings. The molecule has 0 aliphatic carbocycles. The average Bonchev–Trinajstić information content (AvgIpc) is 3.36. The predicted octanol–water partition coefficient (Wildman–Crippen LogP) is 3.04. The van der Waals surface area contributed by atoms with Crippen LogP contribution in [0.15, 0.2) is 40.9 Å². The van der Waals surface area contributed by atoms with E-state index in [9.17, 15) is 4.79 Å². The van der Waals surface area contributed by atoms with Crippen LogP contribution in [0.2, 0.25) is 0 Å². The fraction of sp³-hybridized carbons (Fsp3) is 0.400. The Bertz CT molecular complexity index is 917. The number of benzene rings is 1. The van der Waals surface area contributed by atoms with Gasteiger partial charge >= 0.3 is 6.03 Å². The third kappa shape index (κ3) is 3.83. The molecule has 0 saturated carbocycles. The molecule has 3 aromatic rings. The van der Waals surface area contributed by atoms with Crippen molar-refractivity contribution in [2.45, 2.75) is 25.8 Å². The van der Waals surface area contributed by atoms with Crippen molar-refractivity contribution in [3.8, 4) is 0 Å². The summed E-state index contributed by atoms with van der Waals surface area (Å²) in [5, 5.41) is 11.1. The van der Waals surface area contributed by atoms with Crippen molar-refractivity contribution in [3.05, 3.63) is 53.6 Å². The molecule has 27 heavy (non-hydrogen) atoms. The number of aryl methyl sites for hydroxylation is 1. The summed E-state index contributed by atoms with van der Waals surface area (Å²) >= 11 is 0. The van der Waals surface area contributed by atoms with Crippen LogP contribution in [0.25, 0.3) is 10.9 Å². The van der Waals surface area contributed by atoms with Crippen LogP contribution in [0.5, 0.6) is 0 Å². The molecule has 2 amide bonds. The largest absolute Gasteiger partial charge is 0.464 e. The quantitative estimate of drug-likeness (QED) is 0.725. The number of aromatic amines is 1. The topological polar surface area (TPSA) is 83.4 Å². The highest BCUT2D eigenvalue weighted by molar-refractivity contribution is 5.78. The maximum atomic E-state index is 12.7. The van der Waals surface area contributed by atoms with E-state index >= 15 is 0 Å². The van der Waals surface area contributed by atoms with Crippen molar-refractivity contribution in [2.75, 3.05) is 26.3 Å². The van der Waals surface area contributed by atoms with Crippen molar-refractivity contribution in [3.63, 3.8) is 0 Å². The molecule has 1 aromatic carbocycles. The number of hydrogen-bond donors (Lipinski definition) is 2. The molecule has 0 radical (unpaired) electrons. The SMILES string of the molecule is CCc1ccc(C2COCCN2C(=O)NCCc2ccc3cn[nH]c3c2)o1. The van der Waals surface area contributed by atoms with Gasteiger partial charge in [0.05, 0.1) is 24.9 Å². The smallest absolute Gasteiger partial charge is 0.318 e. The number of urea groups is 1. The number of fused-ring (bicyclic) bond motifs is 1. The van der Waals surface area contributed by atoms with Gasteiger partial charge < -0.3 is 19.4 Å². The van der Waals surface area contributed by atoms with Crippen LogP contribution < -0.4 is 5.32 Å². The lowest BCUT2D eigenvalue weighted by Gasteiger charge is -2.34. The number of furan rings is 1. The van der Waals surface area contributed by atoms with Crippen LogP contribution in [0, 0.1) is 0 Å². The van der Waals surface area contributed by atoms with E-state index in [1.165, 1.54) is 0 Å². The van der Waals surface area contributed by atoms with E-state index in [1.807, 2.05) is 25.1 Å². The molecule has 0 bridgehead atoms. The second-order valence-electron chi connectivity index (χ2n) is 6.72. The number of hydrogen-bond acceptors (Lipinski definition) is 4. The minimum Gasteiger partial charge on any atom is -0.464 e. The number of carbonyl (C=O) groups is 1. The molecule has 1 saturated heterocycles. The summed E-state index contributed by atoms with van der Waals surface area (Å²) < 4.78 is 11.4. The second-order valence-corrected chi connectivity index (χ2v) is 6.72. The molecular weight excluding hydrogens is 344 g/mol. The zero-order valence-corrected chi connectivity index (χ0v) is 15.4. The number of amides is 2. The molecule has 2 aromatic heterocycles. The third-order valence-corrected chi connectivity index (χ3v) is 4.94. The summed E-state index contributed by atoms with van der Waals surface area (Å²) in [4.78, 5) is 14.5. The Hall–Kier alpha value is -2.80. The summed E-state index contributed by atoms with van der Waals surface area (Å²) in [6.45, 7) is 4.17. The fourth-order valence-corrected chi connectivity index (χ4v) is 3.40. The van der Waals surface area contributed by atoms with Crippen LogP contribution in [-0.4, -0.2) is 47.4 Å². The summed E-state index contributed by atoms with van der Waals surface area (Å²) in [7, 11) is 0. The van der Waals surface area contributed by atoms with Crippen molar-refractivity contribution in [1.82, 2.24) is 20.4 Å². The molecule has 2 N–H and O–H groups in total. The highest BCUT2D eigenvalue weighted by Crippen LogP contribution is 2.26. The van der Waals surface area contributed by atoms with Crippen molar-refractivity contribution < 1.29 is 13.9 Å². The number of rotatable bonds is 5. The fourth-order valence-electron chi connectivity index (χ4n) is 3.40. The minimum absolute atomic E-state index is 0.0830. The first kappa shape index (κ1) is 17.6. The summed E-state index contributed by atoms with van der Waals surface area (Å²) in [6.07, 6.45) is 3.40. The summed E-state index contributed by atoms with van der Waals surface area (Å²) in [6, 6.07) is 9.82. The number of carbonyl (C=O) groups excluding carboxylic acids is 1. The molecule has 0 spiro atoms. The minimum atomic E-state index is -0.180. The molecule has 1 aliphatic heterocycles. The van der Waals surface area contributed by atoms with Gasteiger partial charge in [-0.05, 0) is 30.2 Å². The van der Waals surface area contributed by atoms with E-state index in [-0.39, 0.29) is 12.1 Å². The van der Waals surface area contributed by atoms with Crippen LogP contribution in [0.4, 0.5) is 4.79 Å². The van der Waals surface area contributed by atoms with Crippen LogP contribution >= 0.6 is 0 Å². The van der Waals surface area contributed by atoms with Crippen LogP contribution in [0.1, 0.15) is 30.0 Å². The Balaban J connectivity index is 1.36. The Morgan fingerprint density at radius 2 is 2.30 bits per heavy atom. The number of morpholine rings is 1. The zero-order chi connectivity index (χ0) is 18.6. The molecule has 7 heteroatoms. The summed E-state index contributed by atoms with van der Waals surface area (Å²) in [5.74, 6) is 1.71. The second kappa shape index (κ2) is 7.84. The van der Waals surface area contributed by atoms with Crippen molar-refractivity contribution in [2.24, 2.45) is 0 Å². The van der Waals surface area contributed by atoms with Crippen molar-refractivity contribution >= 4 is 16.9 Å². The Morgan fingerprint density at radius 3 is 3.15 bits per heavy atom. The Kier molecular flexibility index (Phi) is 5.11. The van der Waals surface area contributed by atoms with E-state index in [4.69, 9.17) is 9.15 Å². The molecule has 4 rings (SSSR count).